The monoisotopic (exact) mass is 408 g/mol. The average Bonchev–Trinajstić information content (AvgIpc) is 2.97. The number of nitrogens with one attached hydrogen (secondary N) is 1. The third-order valence-electron chi connectivity index (χ3n) is 4.51. The van der Waals surface area contributed by atoms with Gasteiger partial charge < -0.3 is 10.1 Å². The van der Waals surface area contributed by atoms with E-state index >= 15 is 0 Å². The summed E-state index contributed by atoms with van der Waals surface area (Å²) in [7, 11) is 1.55. The van der Waals surface area contributed by atoms with Gasteiger partial charge in [-0.3, -0.25) is 4.79 Å². The highest BCUT2D eigenvalue weighted by Crippen LogP contribution is 2.35. The van der Waals surface area contributed by atoms with E-state index in [1.807, 2.05) is 32.0 Å². The van der Waals surface area contributed by atoms with Gasteiger partial charge in [-0.25, -0.2) is 4.98 Å². The number of hydrogen-bond donors (Lipinski definition) is 1. The number of halogens is 3. The molecule has 0 atom stereocenters. The maximum Gasteiger partial charge on any atom is 0.433 e. The normalized spacial score (nSPS) is 12.2. The summed E-state index contributed by atoms with van der Waals surface area (Å²) >= 11 is 0.954. The van der Waals surface area contributed by atoms with Gasteiger partial charge in [-0.1, -0.05) is 18.2 Å². The lowest BCUT2D eigenvalue weighted by Crippen LogP contribution is -2.41. The minimum Gasteiger partial charge on any atom is -0.496 e. The van der Waals surface area contributed by atoms with Crippen LogP contribution >= 0.6 is 11.3 Å². The van der Waals surface area contributed by atoms with Crippen molar-refractivity contribution in [1.82, 2.24) is 10.3 Å². The molecule has 0 saturated carbocycles. The van der Waals surface area contributed by atoms with Gasteiger partial charge in [0.1, 0.15) is 16.3 Å². The molecule has 0 aliphatic heterocycles. The van der Waals surface area contributed by atoms with Gasteiger partial charge in [0.25, 0.3) is 5.91 Å². The standard InChI is InChI=1S/C20H19F3N2O2S/c1-11-12-9-10-15(20(21,22)23)24-18(12)28-16(11)17(26)25-19(2,3)13-7-5-6-8-14(13)27-4/h5-10H,1-4H3,(H,25,26). The Morgan fingerprint density at radius 2 is 1.82 bits per heavy atom. The number of aryl methyl sites for hydroxylation is 1. The van der Waals surface area contributed by atoms with Crippen LogP contribution in [0, 0.1) is 6.92 Å². The van der Waals surface area contributed by atoms with Crippen molar-refractivity contribution in [3.63, 3.8) is 0 Å². The molecule has 3 rings (SSSR count). The number of alkyl halides is 3. The van der Waals surface area contributed by atoms with Gasteiger partial charge in [0, 0.05) is 10.9 Å². The van der Waals surface area contributed by atoms with Gasteiger partial charge in [0.15, 0.2) is 0 Å². The number of carbonyl (C=O) groups is 1. The first-order valence-corrected chi connectivity index (χ1v) is 9.29. The summed E-state index contributed by atoms with van der Waals surface area (Å²) in [5.41, 5.74) is -0.323. The van der Waals surface area contributed by atoms with E-state index in [0.29, 0.717) is 21.6 Å². The van der Waals surface area contributed by atoms with Crippen LogP contribution in [0.25, 0.3) is 10.2 Å². The summed E-state index contributed by atoms with van der Waals surface area (Å²) in [4.78, 5) is 17.1. The van der Waals surface area contributed by atoms with E-state index in [9.17, 15) is 18.0 Å². The number of methoxy groups -OCH3 is 1. The molecular weight excluding hydrogens is 389 g/mol. The molecule has 1 N–H and O–H groups in total. The van der Waals surface area contributed by atoms with Crippen molar-refractivity contribution in [2.45, 2.75) is 32.5 Å². The van der Waals surface area contributed by atoms with Gasteiger partial charge >= 0.3 is 6.18 Å². The van der Waals surface area contributed by atoms with Crippen molar-refractivity contribution in [3.8, 4) is 5.75 Å². The predicted octanol–water partition coefficient (Wildman–Crippen LogP) is 5.30. The van der Waals surface area contributed by atoms with E-state index in [4.69, 9.17) is 4.74 Å². The molecule has 8 heteroatoms. The molecule has 0 bridgehead atoms. The second kappa shape index (κ2) is 7.09. The number of fused-ring (bicyclic) bond motifs is 1. The Kier molecular flexibility index (Phi) is 5.10. The molecule has 2 heterocycles. The zero-order valence-electron chi connectivity index (χ0n) is 15.8. The number of rotatable bonds is 4. The Morgan fingerprint density at radius 1 is 1.14 bits per heavy atom. The van der Waals surface area contributed by atoms with Crippen LogP contribution in [0.1, 0.15) is 40.3 Å². The molecule has 0 spiro atoms. The molecule has 0 saturated heterocycles. The zero-order valence-corrected chi connectivity index (χ0v) is 16.6. The molecule has 0 radical (unpaired) electrons. The third-order valence-corrected chi connectivity index (χ3v) is 5.71. The van der Waals surface area contributed by atoms with Gasteiger partial charge in [-0.2, -0.15) is 13.2 Å². The maximum absolute atomic E-state index is 12.9. The van der Waals surface area contributed by atoms with Crippen LogP contribution < -0.4 is 10.1 Å². The number of pyridine rings is 1. The summed E-state index contributed by atoms with van der Waals surface area (Å²) in [6.07, 6.45) is -4.53. The molecule has 0 fully saturated rings. The smallest absolute Gasteiger partial charge is 0.433 e. The molecule has 0 unspecified atom stereocenters. The summed E-state index contributed by atoms with van der Waals surface area (Å²) < 4.78 is 44.1. The van der Waals surface area contributed by atoms with E-state index in [1.54, 1.807) is 20.1 Å². The number of nitrogens with zero attached hydrogens (tertiary/aromatic N) is 1. The fraction of sp³-hybridized carbons (Fsp3) is 0.300. The van der Waals surface area contributed by atoms with Crippen LogP contribution in [0.15, 0.2) is 36.4 Å². The van der Waals surface area contributed by atoms with Crippen molar-refractivity contribution < 1.29 is 22.7 Å². The minimum absolute atomic E-state index is 0.188. The fourth-order valence-corrected chi connectivity index (χ4v) is 4.12. The van der Waals surface area contributed by atoms with Gasteiger partial charge in [-0.15, -0.1) is 11.3 Å². The number of benzene rings is 1. The molecule has 3 aromatic rings. The van der Waals surface area contributed by atoms with E-state index in [2.05, 4.69) is 10.3 Å². The number of aromatic nitrogens is 1. The van der Waals surface area contributed by atoms with Crippen LogP contribution in [0.3, 0.4) is 0 Å². The van der Waals surface area contributed by atoms with E-state index in [0.717, 1.165) is 23.0 Å². The third kappa shape index (κ3) is 3.69. The Balaban J connectivity index is 1.96. The summed E-state index contributed by atoms with van der Waals surface area (Å²) in [6, 6.07) is 9.63. The van der Waals surface area contributed by atoms with Crippen LogP contribution in [-0.2, 0) is 11.7 Å². The molecule has 1 amide bonds. The highest BCUT2D eigenvalue weighted by molar-refractivity contribution is 7.20. The first kappa shape index (κ1) is 20.1. The Labute approximate surface area is 164 Å². The summed E-state index contributed by atoms with van der Waals surface area (Å²) in [5, 5.41) is 3.49. The number of ether oxygens (including phenoxy) is 1. The molecule has 0 aliphatic carbocycles. The second-order valence-electron chi connectivity index (χ2n) is 6.88. The second-order valence-corrected chi connectivity index (χ2v) is 7.88. The number of thiophene rings is 1. The lowest BCUT2D eigenvalue weighted by atomic mass is 9.93. The average molecular weight is 408 g/mol. The topological polar surface area (TPSA) is 51.2 Å². The zero-order chi connectivity index (χ0) is 20.7. The molecular formula is C20H19F3N2O2S. The fourth-order valence-electron chi connectivity index (χ4n) is 3.04. The van der Waals surface area contributed by atoms with E-state index in [1.165, 1.54) is 6.07 Å². The molecule has 0 aliphatic rings. The number of amides is 1. The largest absolute Gasteiger partial charge is 0.496 e. The first-order valence-electron chi connectivity index (χ1n) is 8.48. The van der Waals surface area contributed by atoms with Crippen molar-refractivity contribution >= 4 is 27.5 Å². The lowest BCUT2D eigenvalue weighted by Gasteiger charge is -2.28. The van der Waals surface area contributed by atoms with Crippen molar-refractivity contribution in [1.29, 1.82) is 0 Å². The van der Waals surface area contributed by atoms with Gasteiger partial charge in [0.2, 0.25) is 0 Å². The van der Waals surface area contributed by atoms with Crippen LogP contribution in [0.4, 0.5) is 13.2 Å². The van der Waals surface area contributed by atoms with Crippen LogP contribution in [0.5, 0.6) is 5.75 Å². The van der Waals surface area contributed by atoms with E-state index in [-0.39, 0.29) is 10.7 Å². The quantitative estimate of drug-likeness (QED) is 0.638. The first-order chi connectivity index (χ1) is 13.0. The summed E-state index contributed by atoms with van der Waals surface area (Å²) in [6.45, 7) is 5.38. The molecule has 148 valence electrons. The molecule has 28 heavy (non-hydrogen) atoms. The van der Waals surface area contributed by atoms with Crippen LogP contribution in [0.2, 0.25) is 0 Å². The number of hydrogen-bond acceptors (Lipinski definition) is 4. The van der Waals surface area contributed by atoms with Crippen molar-refractivity contribution in [2.24, 2.45) is 0 Å². The Morgan fingerprint density at radius 3 is 2.46 bits per heavy atom. The highest BCUT2D eigenvalue weighted by atomic mass is 32.1. The Hall–Kier alpha value is -2.61. The summed E-state index contributed by atoms with van der Waals surface area (Å²) in [5.74, 6) is 0.266. The van der Waals surface area contributed by atoms with Crippen LogP contribution in [-0.4, -0.2) is 18.0 Å². The van der Waals surface area contributed by atoms with E-state index < -0.39 is 17.4 Å². The van der Waals surface area contributed by atoms with Gasteiger partial charge in [-0.05, 0) is 44.5 Å². The molecule has 4 nitrogen and oxygen atoms in total. The highest BCUT2D eigenvalue weighted by Gasteiger charge is 2.33. The Bertz CT molecular complexity index is 1040. The maximum atomic E-state index is 12.9. The number of carbonyl (C=O) groups excluding carboxylic acids is 1. The molecule has 2 aromatic heterocycles. The lowest BCUT2D eigenvalue weighted by molar-refractivity contribution is -0.140. The SMILES string of the molecule is COc1ccccc1C(C)(C)NC(=O)c1sc2nc(C(F)(F)F)ccc2c1C. The van der Waals surface area contributed by atoms with Crippen molar-refractivity contribution in [3.05, 3.63) is 58.1 Å². The number of para-hydroxylation sites is 1. The minimum atomic E-state index is -4.53. The van der Waals surface area contributed by atoms with Gasteiger partial charge in [0.05, 0.1) is 17.5 Å². The van der Waals surface area contributed by atoms with Crippen molar-refractivity contribution in [2.75, 3.05) is 7.11 Å². The predicted molar refractivity (Wildman–Crippen MR) is 103 cm³/mol. The molecule has 1 aromatic carbocycles.